The van der Waals surface area contributed by atoms with Crippen LogP contribution in [0.5, 0.6) is 5.75 Å². The van der Waals surface area contributed by atoms with Crippen LogP contribution in [0, 0.1) is 5.92 Å². The van der Waals surface area contributed by atoms with E-state index >= 15 is 0 Å². The third-order valence-electron chi connectivity index (χ3n) is 7.02. The van der Waals surface area contributed by atoms with Crippen LogP contribution in [0.2, 0.25) is 0 Å². The van der Waals surface area contributed by atoms with Gasteiger partial charge < -0.3 is 10.0 Å². The molecule has 0 spiro atoms. The molecule has 0 amide bonds. The van der Waals surface area contributed by atoms with E-state index in [-0.39, 0.29) is 0 Å². The molecule has 4 rings (SSSR count). The smallest absolute Gasteiger partial charge is 0.115 e. The van der Waals surface area contributed by atoms with Crippen LogP contribution >= 0.6 is 0 Å². The summed E-state index contributed by atoms with van der Waals surface area (Å²) in [5.41, 5.74) is 7.66. The van der Waals surface area contributed by atoms with E-state index < -0.39 is 0 Å². The van der Waals surface area contributed by atoms with Crippen LogP contribution in [0.15, 0.2) is 78.9 Å². The summed E-state index contributed by atoms with van der Waals surface area (Å²) >= 11 is 0. The van der Waals surface area contributed by atoms with Crippen LogP contribution < -0.4 is 0 Å². The predicted octanol–water partition coefficient (Wildman–Crippen LogP) is 7.60. The number of nitrogens with zero attached hydrogens (tertiary/aromatic N) is 1. The second-order valence-corrected chi connectivity index (χ2v) is 9.88. The van der Waals surface area contributed by atoms with Gasteiger partial charge in [-0.25, -0.2) is 0 Å². The van der Waals surface area contributed by atoms with E-state index in [1.54, 1.807) is 12.1 Å². The van der Waals surface area contributed by atoms with Gasteiger partial charge in [0.1, 0.15) is 5.75 Å². The average Bonchev–Trinajstić information content (AvgIpc) is 2.84. The fraction of sp³-hybridized carbons (Fsp3) is 0.355. The van der Waals surface area contributed by atoms with E-state index in [4.69, 9.17) is 0 Å². The Bertz CT molecular complexity index is 1050. The first kappa shape index (κ1) is 23.3. The molecule has 3 aromatic carbocycles. The summed E-state index contributed by atoms with van der Waals surface area (Å²) in [5, 5.41) is 9.89. The number of hydrogen-bond donors (Lipinski definition) is 1. The molecule has 1 saturated heterocycles. The van der Waals surface area contributed by atoms with Gasteiger partial charge in [-0.05, 0) is 97.1 Å². The van der Waals surface area contributed by atoms with E-state index in [1.807, 2.05) is 12.1 Å². The average molecular weight is 440 g/mol. The molecule has 0 atom stereocenters. The Hall–Kier alpha value is -2.84. The minimum absolute atomic E-state index is 0.298. The molecule has 0 unspecified atom stereocenters. The minimum Gasteiger partial charge on any atom is -0.508 e. The molecule has 1 fully saturated rings. The SMILES string of the molecule is CC(C)/C(=C(\c1ccc(O)cc1)c1ccc(C2CCN(C(C)C)CC2)cc1)c1ccccc1. The minimum atomic E-state index is 0.298. The van der Waals surface area contributed by atoms with Gasteiger partial charge in [0.25, 0.3) is 0 Å². The Morgan fingerprint density at radius 1 is 0.727 bits per heavy atom. The predicted molar refractivity (Wildman–Crippen MR) is 140 cm³/mol. The second kappa shape index (κ2) is 10.4. The lowest BCUT2D eigenvalue weighted by Crippen LogP contribution is -2.37. The Kier molecular flexibility index (Phi) is 7.35. The molecule has 1 heterocycles. The highest BCUT2D eigenvalue weighted by Gasteiger charge is 2.23. The van der Waals surface area contributed by atoms with Gasteiger partial charge in [0.15, 0.2) is 0 Å². The van der Waals surface area contributed by atoms with Gasteiger partial charge in [-0.15, -0.1) is 0 Å². The summed E-state index contributed by atoms with van der Waals surface area (Å²) in [6.45, 7) is 11.5. The number of aromatic hydroxyl groups is 1. The third kappa shape index (κ3) is 5.39. The third-order valence-corrected chi connectivity index (χ3v) is 7.02. The first-order valence-corrected chi connectivity index (χ1v) is 12.4. The normalized spacial score (nSPS) is 16.3. The van der Waals surface area contributed by atoms with Crippen molar-refractivity contribution in [2.75, 3.05) is 13.1 Å². The summed E-state index contributed by atoms with van der Waals surface area (Å²) in [6, 6.07) is 28.3. The van der Waals surface area contributed by atoms with Gasteiger partial charge in [-0.2, -0.15) is 0 Å². The number of rotatable bonds is 6. The highest BCUT2D eigenvalue weighted by Crippen LogP contribution is 2.38. The van der Waals surface area contributed by atoms with E-state index in [1.165, 1.54) is 53.8 Å². The van der Waals surface area contributed by atoms with E-state index in [9.17, 15) is 5.11 Å². The first-order chi connectivity index (χ1) is 15.9. The summed E-state index contributed by atoms with van der Waals surface area (Å²) < 4.78 is 0. The molecule has 3 aromatic rings. The van der Waals surface area contributed by atoms with Crippen LogP contribution in [-0.4, -0.2) is 29.1 Å². The molecule has 0 aromatic heterocycles. The maximum atomic E-state index is 9.89. The van der Waals surface area contributed by atoms with E-state index in [0.29, 0.717) is 23.6 Å². The maximum absolute atomic E-state index is 9.89. The zero-order chi connectivity index (χ0) is 23.4. The van der Waals surface area contributed by atoms with Crippen molar-refractivity contribution < 1.29 is 5.11 Å². The van der Waals surface area contributed by atoms with E-state index in [2.05, 4.69) is 87.2 Å². The van der Waals surface area contributed by atoms with Gasteiger partial charge in [0, 0.05) is 6.04 Å². The highest BCUT2D eigenvalue weighted by molar-refractivity contribution is 5.99. The Balaban J connectivity index is 1.73. The fourth-order valence-corrected chi connectivity index (χ4v) is 5.16. The molecule has 172 valence electrons. The molecule has 2 nitrogen and oxygen atoms in total. The number of benzene rings is 3. The first-order valence-electron chi connectivity index (χ1n) is 12.4. The summed E-state index contributed by atoms with van der Waals surface area (Å²) in [6.07, 6.45) is 2.47. The molecule has 2 heteroatoms. The zero-order valence-electron chi connectivity index (χ0n) is 20.5. The van der Waals surface area contributed by atoms with Crippen LogP contribution in [0.4, 0.5) is 0 Å². The van der Waals surface area contributed by atoms with Gasteiger partial charge in [0.05, 0.1) is 0 Å². The van der Waals surface area contributed by atoms with Crippen LogP contribution in [0.1, 0.15) is 68.7 Å². The quantitative estimate of drug-likeness (QED) is 0.400. The topological polar surface area (TPSA) is 23.5 Å². The van der Waals surface area contributed by atoms with Gasteiger partial charge in [-0.3, -0.25) is 0 Å². The number of piperidine rings is 1. The molecular formula is C31H37NO. The monoisotopic (exact) mass is 439 g/mol. The maximum Gasteiger partial charge on any atom is 0.115 e. The zero-order valence-corrected chi connectivity index (χ0v) is 20.5. The summed E-state index contributed by atoms with van der Waals surface area (Å²) in [7, 11) is 0. The van der Waals surface area contributed by atoms with Crippen LogP contribution in [0.25, 0.3) is 11.1 Å². The molecule has 0 radical (unpaired) electrons. The number of likely N-dealkylation sites (tertiary alicyclic amines) is 1. The Morgan fingerprint density at radius 3 is 1.79 bits per heavy atom. The Labute approximate surface area is 199 Å². The molecule has 0 bridgehead atoms. The largest absolute Gasteiger partial charge is 0.508 e. The number of allylic oxidation sites excluding steroid dienone is 1. The van der Waals surface area contributed by atoms with Crippen LogP contribution in [-0.2, 0) is 0 Å². The molecule has 33 heavy (non-hydrogen) atoms. The Morgan fingerprint density at radius 2 is 1.27 bits per heavy atom. The number of phenolic OH excluding ortho intramolecular Hbond substituents is 1. The second-order valence-electron chi connectivity index (χ2n) is 9.88. The molecule has 0 saturated carbocycles. The van der Waals surface area contributed by atoms with Crippen molar-refractivity contribution >= 4 is 11.1 Å². The number of phenols is 1. The van der Waals surface area contributed by atoms with Crippen molar-refractivity contribution in [1.82, 2.24) is 4.90 Å². The van der Waals surface area contributed by atoms with Crippen molar-refractivity contribution in [3.05, 3.63) is 101 Å². The fourth-order valence-electron chi connectivity index (χ4n) is 5.16. The van der Waals surface area contributed by atoms with E-state index in [0.717, 1.165) is 5.56 Å². The van der Waals surface area contributed by atoms with Crippen molar-refractivity contribution in [2.24, 2.45) is 5.92 Å². The van der Waals surface area contributed by atoms with Crippen LogP contribution in [0.3, 0.4) is 0 Å². The van der Waals surface area contributed by atoms with Crippen molar-refractivity contribution in [2.45, 2.75) is 52.5 Å². The van der Waals surface area contributed by atoms with Crippen molar-refractivity contribution in [3.63, 3.8) is 0 Å². The van der Waals surface area contributed by atoms with Crippen molar-refractivity contribution in [3.8, 4) is 5.75 Å². The van der Waals surface area contributed by atoms with Gasteiger partial charge in [-0.1, -0.05) is 80.6 Å². The van der Waals surface area contributed by atoms with Crippen molar-refractivity contribution in [1.29, 1.82) is 0 Å². The summed E-state index contributed by atoms with van der Waals surface area (Å²) in [5.74, 6) is 1.30. The molecule has 1 aliphatic rings. The lowest BCUT2D eigenvalue weighted by atomic mass is 9.83. The molecular weight excluding hydrogens is 402 g/mol. The lowest BCUT2D eigenvalue weighted by Gasteiger charge is -2.34. The van der Waals surface area contributed by atoms with Gasteiger partial charge in [0.2, 0.25) is 0 Å². The summed E-state index contributed by atoms with van der Waals surface area (Å²) in [4.78, 5) is 2.59. The standard InChI is InChI=1S/C31H37NO/c1-22(2)30(26-8-6-5-7-9-26)31(28-14-16-29(33)17-15-28)27-12-10-24(11-13-27)25-18-20-32(21-19-25)23(3)4/h5-17,22-23,25,33H,18-21H2,1-4H3/b31-30+. The highest BCUT2D eigenvalue weighted by atomic mass is 16.3. The van der Waals surface area contributed by atoms with Gasteiger partial charge >= 0.3 is 0 Å². The lowest BCUT2D eigenvalue weighted by molar-refractivity contribution is 0.172. The molecule has 1 N–H and O–H groups in total. The number of hydrogen-bond acceptors (Lipinski definition) is 2. The molecule has 1 aliphatic heterocycles. The molecule has 0 aliphatic carbocycles.